The molecule has 2 N–H and O–H groups in total. The number of hydrazine groups is 1. The van der Waals surface area contributed by atoms with Gasteiger partial charge in [-0.05, 0) is 17.9 Å². The molecular formula is C13H16N2O2. The summed E-state index contributed by atoms with van der Waals surface area (Å²) in [4.78, 5) is 22.7. The summed E-state index contributed by atoms with van der Waals surface area (Å²) >= 11 is 0. The first-order valence-corrected chi connectivity index (χ1v) is 5.86. The van der Waals surface area contributed by atoms with Crippen LogP contribution in [0.4, 0.5) is 0 Å². The first-order chi connectivity index (χ1) is 8.22. The van der Waals surface area contributed by atoms with Crippen LogP contribution in [0.5, 0.6) is 0 Å². The van der Waals surface area contributed by atoms with Gasteiger partial charge in [-0.15, -0.1) is 0 Å². The SMILES string of the molecule is CCC(=O)NNC(=O)[C@@H]1C[C@H]1c1ccccc1. The van der Waals surface area contributed by atoms with Gasteiger partial charge in [0, 0.05) is 12.3 Å². The van der Waals surface area contributed by atoms with E-state index in [-0.39, 0.29) is 17.7 Å². The predicted molar refractivity (Wildman–Crippen MR) is 63.9 cm³/mol. The van der Waals surface area contributed by atoms with E-state index in [2.05, 4.69) is 10.9 Å². The zero-order valence-corrected chi connectivity index (χ0v) is 9.77. The molecule has 90 valence electrons. The van der Waals surface area contributed by atoms with E-state index in [1.807, 2.05) is 30.3 Å². The van der Waals surface area contributed by atoms with Gasteiger partial charge in [-0.2, -0.15) is 0 Å². The molecule has 1 aliphatic rings. The molecule has 4 heteroatoms. The predicted octanol–water partition coefficient (Wildman–Crippen LogP) is 1.35. The quantitative estimate of drug-likeness (QED) is 0.773. The molecule has 1 saturated carbocycles. The van der Waals surface area contributed by atoms with E-state index < -0.39 is 0 Å². The minimum Gasteiger partial charge on any atom is -0.273 e. The van der Waals surface area contributed by atoms with Crippen molar-refractivity contribution in [2.24, 2.45) is 5.92 Å². The van der Waals surface area contributed by atoms with Crippen molar-refractivity contribution in [3.05, 3.63) is 35.9 Å². The van der Waals surface area contributed by atoms with Crippen LogP contribution in [0.3, 0.4) is 0 Å². The number of rotatable bonds is 3. The van der Waals surface area contributed by atoms with Crippen molar-refractivity contribution in [2.45, 2.75) is 25.7 Å². The largest absolute Gasteiger partial charge is 0.273 e. The van der Waals surface area contributed by atoms with Crippen molar-refractivity contribution in [2.75, 3.05) is 0 Å². The van der Waals surface area contributed by atoms with E-state index in [1.54, 1.807) is 6.92 Å². The second-order valence-corrected chi connectivity index (χ2v) is 4.25. The second kappa shape index (κ2) is 4.99. The first-order valence-electron chi connectivity index (χ1n) is 5.86. The highest BCUT2D eigenvalue weighted by atomic mass is 16.2. The van der Waals surface area contributed by atoms with Gasteiger partial charge in [0.05, 0.1) is 0 Å². The highest BCUT2D eigenvalue weighted by molar-refractivity contribution is 5.85. The molecule has 2 atom stereocenters. The van der Waals surface area contributed by atoms with E-state index in [9.17, 15) is 9.59 Å². The van der Waals surface area contributed by atoms with Gasteiger partial charge in [0.25, 0.3) is 0 Å². The van der Waals surface area contributed by atoms with Crippen molar-refractivity contribution in [3.8, 4) is 0 Å². The van der Waals surface area contributed by atoms with Crippen LogP contribution in [0.15, 0.2) is 30.3 Å². The van der Waals surface area contributed by atoms with Gasteiger partial charge in [-0.25, -0.2) is 0 Å². The molecule has 2 rings (SSSR count). The fraction of sp³-hybridized carbons (Fsp3) is 0.385. The Kier molecular flexibility index (Phi) is 3.42. The van der Waals surface area contributed by atoms with Crippen LogP contribution in [0.2, 0.25) is 0 Å². The summed E-state index contributed by atoms with van der Waals surface area (Å²) in [5.41, 5.74) is 6.03. The average molecular weight is 232 g/mol. The standard InChI is InChI=1S/C13H16N2O2/c1-2-12(16)14-15-13(17)11-8-10(11)9-6-4-3-5-7-9/h3-7,10-11H,2,8H2,1H3,(H,14,16)(H,15,17)/t10-,11+/m0/s1. The molecule has 1 aromatic carbocycles. The van der Waals surface area contributed by atoms with Gasteiger partial charge >= 0.3 is 0 Å². The fourth-order valence-corrected chi connectivity index (χ4v) is 1.87. The third-order valence-electron chi connectivity index (χ3n) is 3.00. The normalized spacial score (nSPS) is 21.7. The molecule has 0 bridgehead atoms. The van der Waals surface area contributed by atoms with Crippen molar-refractivity contribution >= 4 is 11.8 Å². The summed E-state index contributed by atoms with van der Waals surface area (Å²) in [5, 5.41) is 0. The van der Waals surface area contributed by atoms with E-state index in [0.717, 1.165) is 6.42 Å². The lowest BCUT2D eigenvalue weighted by Crippen LogP contribution is -2.42. The van der Waals surface area contributed by atoms with Crippen LogP contribution in [-0.2, 0) is 9.59 Å². The summed E-state index contributed by atoms with van der Waals surface area (Å²) in [6.45, 7) is 1.74. The number of carbonyl (C=O) groups is 2. The summed E-state index contributed by atoms with van der Waals surface area (Å²) in [6.07, 6.45) is 1.23. The Bertz CT molecular complexity index is 417. The third-order valence-corrected chi connectivity index (χ3v) is 3.00. The molecule has 1 aromatic rings. The molecule has 0 spiro atoms. The van der Waals surface area contributed by atoms with E-state index in [0.29, 0.717) is 12.3 Å². The number of amides is 2. The zero-order valence-electron chi connectivity index (χ0n) is 9.77. The average Bonchev–Trinajstić information content (AvgIpc) is 3.17. The van der Waals surface area contributed by atoms with Crippen molar-refractivity contribution in [1.82, 2.24) is 10.9 Å². The Morgan fingerprint density at radius 1 is 1.24 bits per heavy atom. The highest BCUT2D eigenvalue weighted by Crippen LogP contribution is 2.47. The maximum atomic E-state index is 11.7. The Balaban J connectivity index is 1.83. The van der Waals surface area contributed by atoms with Gasteiger partial charge in [0.15, 0.2) is 0 Å². The Morgan fingerprint density at radius 2 is 1.94 bits per heavy atom. The molecule has 0 unspecified atom stereocenters. The number of benzene rings is 1. The minimum absolute atomic E-state index is 0.00504. The zero-order chi connectivity index (χ0) is 12.3. The molecule has 0 heterocycles. The topological polar surface area (TPSA) is 58.2 Å². The van der Waals surface area contributed by atoms with Gasteiger partial charge in [-0.1, -0.05) is 37.3 Å². The summed E-state index contributed by atoms with van der Waals surface area (Å²) in [5.74, 6) is 0.0280. The second-order valence-electron chi connectivity index (χ2n) is 4.25. The van der Waals surface area contributed by atoms with Crippen LogP contribution in [0.1, 0.15) is 31.2 Å². The van der Waals surface area contributed by atoms with E-state index in [4.69, 9.17) is 0 Å². The number of hydrogen-bond acceptors (Lipinski definition) is 2. The summed E-state index contributed by atoms with van der Waals surface area (Å²) < 4.78 is 0. The monoisotopic (exact) mass is 232 g/mol. The van der Waals surface area contributed by atoms with Crippen LogP contribution in [0, 0.1) is 5.92 Å². The molecule has 0 saturated heterocycles. The van der Waals surface area contributed by atoms with Crippen molar-refractivity contribution < 1.29 is 9.59 Å². The van der Waals surface area contributed by atoms with Crippen LogP contribution in [-0.4, -0.2) is 11.8 Å². The molecule has 0 aliphatic heterocycles. The highest BCUT2D eigenvalue weighted by Gasteiger charge is 2.43. The Labute approximate surface area is 100 Å². The molecule has 0 aromatic heterocycles. The lowest BCUT2D eigenvalue weighted by atomic mass is 10.1. The minimum atomic E-state index is -0.171. The molecule has 17 heavy (non-hydrogen) atoms. The number of carbonyl (C=O) groups excluding carboxylic acids is 2. The molecule has 2 amide bonds. The maximum Gasteiger partial charge on any atom is 0.242 e. The van der Waals surface area contributed by atoms with Crippen LogP contribution < -0.4 is 10.9 Å². The Hall–Kier alpha value is -1.84. The molecule has 0 radical (unpaired) electrons. The summed E-state index contributed by atoms with van der Waals surface area (Å²) in [7, 11) is 0. The van der Waals surface area contributed by atoms with Crippen LogP contribution >= 0.6 is 0 Å². The van der Waals surface area contributed by atoms with Gasteiger partial charge in [0.2, 0.25) is 11.8 Å². The lowest BCUT2D eigenvalue weighted by Gasteiger charge is -2.05. The molecule has 1 aliphatic carbocycles. The summed E-state index contributed by atoms with van der Waals surface area (Å²) in [6, 6.07) is 9.97. The van der Waals surface area contributed by atoms with Gasteiger partial charge < -0.3 is 0 Å². The maximum absolute atomic E-state index is 11.7. The Morgan fingerprint density at radius 3 is 2.59 bits per heavy atom. The van der Waals surface area contributed by atoms with E-state index >= 15 is 0 Å². The third kappa shape index (κ3) is 2.84. The smallest absolute Gasteiger partial charge is 0.242 e. The number of hydrogen-bond donors (Lipinski definition) is 2. The van der Waals surface area contributed by atoms with E-state index in [1.165, 1.54) is 5.56 Å². The molecule has 1 fully saturated rings. The van der Waals surface area contributed by atoms with Gasteiger partial charge in [0.1, 0.15) is 0 Å². The first kappa shape index (κ1) is 11.6. The van der Waals surface area contributed by atoms with Crippen molar-refractivity contribution in [1.29, 1.82) is 0 Å². The molecular weight excluding hydrogens is 216 g/mol. The fourth-order valence-electron chi connectivity index (χ4n) is 1.87. The lowest BCUT2D eigenvalue weighted by molar-refractivity contribution is -0.129. The van der Waals surface area contributed by atoms with Crippen LogP contribution in [0.25, 0.3) is 0 Å². The number of nitrogens with one attached hydrogen (secondary N) is 2. The van der Waals surface area contributed by atoms with Crippen molar-refractivity contribution in [3.63, 3.8) is 0 Å². The van der Waals surface area contributed by atoms with Gasteiger partial charge in [-0.3, -0.25) is 20.4 Å². The molecule has 4 nitrogen and oxygen atoms in total.